The smallest absolute Gasteiger partial charge is 0.262 e. The van der Waals surface area contributed by atoms with Gasteiger partial charge in [-0.2, -0.15) is 0 Å². The number of para-hydroxylation sites is 2. The molecule has 1 heterocycles. The van der Waals surface area contributed by atoms with Crippen molar-refractivity contribution in [3.05, 3.63) is 63.9 Å². The molecule has 2 N–H and O–H groups in total. The molecular formula is C23H26N4O3S. The average Bonchev–Trinajstić information content (AvgIpc) is 2.76. The summed E-state index contributed by atoms with van der Waals surface area (Å²) in [5.74, 6) is -0.528. The van der Waals surface area contributed by atoms with Crippen LogP contribution in [0.15, 0.2) is 52.4 Å². The van der Waals surface area contributed by atoms with E-state index in [1.54, 1.807) is 16.7 Å². The zero-order valence-electron chi connectivity index (χ0n) is 17.9. The lowest BCUT2D eigenvalue weighted by Gasteiger charge is -2.13. The lowest BCUT2D eigenvalue weighted by molar-refractivity contribution is -0.122. The van der Waals surface area contributed by atoms with Crippen molar-refractivity contribution in [2.24, 2.45) is 0 Å². The van der Waals surface area contributed by atoms with E-state index in [1.165, 1.54) is 11.8 Å². The van der Waals surface area contributed by atoms with Crippen molar-refractivity contribution in [1.29, 1.82) is 0 Å². The third-order valence-electron chi connectivity index (χ3n) is 4.80. The Labute approximate surface area is 185 Å². The average molecular weight is 439 g/mol. The van der Waals surface area contributed by atoms with Crippen LogP contribution in [-0.4, -0.2) is 33.7 Å². The number of hydrogen-bond donors (Lipinski definition) is 2. The summed E-state index contributed by atoms with van der Waals surface area (Å²) in [6.07, 6.45) is 0.776. The molecule has 8 heteroatoms. The first kappa shape index (κ1) is 22.6. The van der Waals surface area contributed by atoms with Crippen molar-refractivity contribution < 1.29 is 9.59 Å². The molecule has 0 aliphatic rings. The standard InChI is InChI=1S/C23H26N4O3S/c1-4-12-27-22(30)17-10-5-6-11-18(17)25-23(27)31-14-20(29)24-13-19(28)26-21-15(2)8-7-9-16(21)3/h5-11H,4,12-14H2,1-3H3,(H,24,29)(H,26,28). The molecule has 0 bridgehead atoms. The van der Waals surface area contributed by atoms with E-state index in [0.29, 0.717) is 22.6 Å². The van der Waals surface area contributed by atoms with Gasteiger partial charge < -0.3 is 10.6 Å². The number of rotatable bonds is 8. The molecule has 0 unspecified atom stereocenters. The number of carbonyl (C=O) groups is 2. The third-order valence-corrected chi connectivity index (χ3v) is 5.77. The monoisotopic (exact) mass is 438 g/mol. The molecule has 0 spiro atoms. The first-order chi connectivity index (χ1) is 14.9. The van der Waals surface area contributed by atoms with E-state index in [4.69, 9.17) is 0 Å². The van der Waals surface area contributed by atoms with Crippen LogP contribution in [0.25, 0.3) is 10.9 Å². The number of aromatic nitrogens is 2. The molecule has 1 aromatic heterocycles. The Hall–Kier alpha value is -3.13. The summed E-state index contributed by atoms with van der Waals surface area (Å²) in [5.41, 5.74) is 3.19. The summed E-state index contributed by atoms with van der Waals surface area (Å²) in [6.45, 7) is 6.23. The number of anilines is 1. The van der Waals surface area contributed by atoms with Crippen LogP contribution in [0.1, 0.15) is 24.5 Å². The molecule has 0 saturated carbocycles. The maximum Gasteiger partial charge on any atom is 0.262 e. The molecule has 162 valence electrons. The van der Waals surface area contributed by atoms with Gasteiger partial charge in [0, 0.05) is 12.2 Å². The Kier molecular flexibility index (Phi) is 7.46. The fourth-order valence-electron chi connectivity index (χ4n) is 3.23. The number of hydrogen-bond acceptors (Lipinski definition) is 5. The van der Waals surface area contributed by atoms with Gasteiger partial charge in [-0.25, -0.2) is 4.98 Å². The van der Waals surface area contributed by atoms with Crippen LogP contribution >= 0.6 is 11.8 Å². The van der Waals surface area contributed by atoms with E-state index < -0.39 is 0 Å². The zero-order valence-corrected chi connectivity index (χ0v) is 18.7. The molecule has 0 radical (unpaired) electrons. The van der Waals surface area contributed by atoms with Crippen molar-refractivity contribution in [2.45, 2.75) is 38.9 Å². The summed E-state index contributed by atoms with van der Waals surface area (Å²) < 4.78 is 1.61. The quantitative estimate of drug-likeness (QED) is 0.416. The van der Waals surface area contributed by atoms with Crippen LogP contribution < -0.4 is 16.2 Å². The van der Waals surface area contributed by atoms with Crippen molar-refractivity contribution in [3.8, 4) is 0 Å². The molecule has 2 aromatic carbocycles. The van der Waals surface area contributed by atoms with Gasteiger partial charge in [0.1, 0.15) is 0 Å². The van der Waals surface area contributed by atoms with Crippen molar-refractivity contribution in [1.82, 2.24) is 14.9 Å². The maximum atomic E-state index is 12.8. The molecule has 0 fully saturated rings. The van der Waals surface area contributed by atoms with E-state index in [-0.39, 0.29) is 29.7 Å². The minimum atomic E-state index is -0.299. The molecular weight excluding hydrogens is 412 g/mol. The minimum absolute atomic E-state index is 0.0607. The predicted octanol–water partition coefficient (Wildman–Crippen LogP) is 3.27. The second-order valence-corrected chi connectivity index (χ2v) is 8.19. The summed E-state index contributed by atoms with van der Waals surface area (Å²) in [6, 6.07) is 13.0. The van der Waals surface area contributed by atoms with Gasteiger partial charge in [-0.1, -0.05) is 49.0 Å². The Bertz CT molecular complexity index is 1150. The highest BCUT2D eigenvalue weighted by Gasteiger charge is 2.14. The molecule has 0 saturated heterocycles. The van der Waals surface area contributed by atoms with Gasteiger partial charge >= 0.3 is 0 Å². The van der Waals surface area contributed by atoms with Crippen molar-refractivity contribution >= 4 is 40.2 Å². The van der Waals surface area contributed by atoms with Gasteiger partial charge in [0.2, 0.25) is 11.8 Å². The van der Waals surface area contributed by atoms with Crippen LogP contribution in [0, 0.1) is 13.8 Å². The Morgan fingerprint density at radius 1 is 1.03 bits per heavy atom. The fraction of sp³-hybridized carbons (Fsp3) is 0.304. The van der Waals surface area contributed by atoms with Gasteiger partial charge in [-0.05, 0) is 43.5 Å². The topological polar surface area (TPSA) is 93.1 Å². The van der Waals surface area contributed by atoms with Gasteiger partial charge in [-0.3, -0.25) is 19.0 Å². The highest BCUT2D eigenvalue weighted by Crippen LogP contribution is 2.19. The van der Waals surface area contributed by atoms with Gasteiger partial charge in [0.25, 0.3) is 5.56 Å². The Morgan fingerprint density at radius 3 is 2.45 bits per heavy atom. The molecule has 0 atom stereocenters. The normalized spacial score (nSPS) is 10.8. The van der Waals surface area contributed by atoms with Crippen LogP contribution in [0.3, 0.4) is 0 Å². The second-order valence-electron chi connectivity index (χ2n) is 7.25. The molecule has 3 aromatic rings. The van der Waals surface area contributed by atoms with E-state index in [1.807, 2.05) is 51.1 Å². The van der Waals surface area contributed by atoms with Crippen LogP contribution in [0.2, 0.25) is 0 Å². The number of benzene rings is 2. The third kappa shape index (κ3) is 5.52. The minimum Gasteiger partial charge on any atom is -0.346 e. The molecule has 0 aliphatic heterocycles. The number of nitrogens with one attached hydrogen (secondary N) is 2. The number of thioether (sulfide) groups is 1. The number of fused-ring (bicyclic) bond motifs is 1. The second kappa shape index (κ2) is 10.3. The highest BCUT2D eigenvalue weighted by atomic mass is 32.2. The van der Waals surface area contributed by atoms with Crippen LogP contribution in [0.5, 0.6) is 0 Å². The van der Waals surface area contributed by atoms with E-state index in [2.05, 4.69) is 15.6 Å². The lowest BCUT2D eigenvalue weighted by Crippen LogP contribution is -2.34. The van der Waals surface area contributed by atoms with Gasteiger partial charge in [0.05, 0.1) is 23.2 Å². The first-order valence-corrected chi connectivity index (χ1v) is 11.1. The zero-order chi connectivity index (χ0) is 22.4. The fourth-order valence-corrected chi connectivity index (χ4v) is 4.09. The molecule has 7 nitrogen and oxygen atoms in total. The van der Waals surface area contributed by atoms with E-state index in [9.17, 15) is 14.4 Å². The summed E-state index contributed by atoms with van der Waals surface area (Å²) in [5, 5.41) is 6.53. The summed E-state index contributed by atoms with van der Waals surface area (Å²) in [7, 11) is 0. The van der Waals surface area contributed by atoms with Crippen LogP contribution in [-0.2, 0) is 16.1 Å². The number of aryl methyl sites for hydroxylation is 2. The van der Waals surface area contributed by atoms with Crippen molar-refractivity contribution in [2.75, 3.05) is 17.6 Å². The highest BCUT2D eigenvalue weighted by molar-refractivity contribution is 7.99. The lowest BCUT2D eigenvalue weighted by atomic mass is 10.1. The van der Waals surface area contributed by atoms with E-state index in [0.717, 1.165) is 23.2 Å². The van der Waals surface area contributed by atoms with Gasteiger partial charge in [0.15, 0.2) is 5.16 Å². The van der Waals surface area contributed by atoms with Gasteiger partial charge in [-0.15, -0.1) is 0 Å². The number of amides is 2. The molecule has 3 rings (SSSR count). The SMILES string of the molecule is CCCn1c(SCC(=O)NCC(=O)Nc2c(C)cccc2C)nc2ccccc2c1=O. The first-order valence-electron chi connectivity index (χ1n) is 10.2. The molecule has 0 aliphatic carbocycles. The molecule has 2 amide bonds. The summed E-state index contributed by atoms with van der Waals surface area (Å²) >= 11 is 1.19. The van der Waals surface area contributed by atoms with E-state index >= 15 is 0 Å². The largest absolute Gasteiger partial charge is 0.346 e. The Balaban J connectivity index is 1.62. The number of nitrogens with zero attached hydrogens (tertiary/aromatic N) is 2. The predicted molar refractivity (Wildman–Crippen MR) is 125 cm³/mol. The maximum absolute atomic E-state index is 12.8. The summed E-state index contributed by atoms with van der Waals surface area (Å²) in [4.78, 5) is 41.9. The molecule has 31 heavy (non-hydrogen) atoms. The van der Waals surface area contributed by atoms with Crippen molar-refractivity contribution in [3.63, 3.8) is 0 Å². The Morgan fingerprint density at radius 2 is 1.74 bits per heavy atom. The van der Waals surface area contributed by atoms with Crippen LogP contribution in [0.4, 0.5) is 5.69 Å². The number of carbonyl (C=O) groups excluding carboxylic acids is 2.